The molecule has 2 rings (SSSR count). The molecular weight excluding hydrogens is 254 g/mol. The Kier molecular flexibility index (Phi) is 4.90. The fourth-order valence-electron chi connectivity index (χ4n) is 1.91. The van der Waals surface area contributed by atoms with Crippen LogP contribution in [0, 0.1) is 0 Å². The molecular formula is C15H19N3O2. The monoisotopic (exact) mass is 273 g/mol. The molecule has 5 nitrogen and oxygen atoms in total. The van der Waals surface area contributed by atoms with Gasteiger partial charge in [-0.25, -0.2) is 9.97 Å². The van der Waals surface area contributed by atoms with Crippen LogP contribution in [0.2, 0.25) is 0 Å². The van der Waals surface area contributed by atoms with Crippen molar-refractivity contribution in [3.63, 3.8) is 0 Å². The van der Waals surface area contributed by atoms with Crippen LogP contribution in [0.3, 0.4) is 0 Å². The van der Waals surface area contributed by atoms with E-state index in [1.807, 2.05) is 37.4 Å². The Morgan fingerprint density at radius 3 is 2.45 bits per heavy atom. The second-order valence-electron chi connectivity index (χ2n) is 4.37. The van der Waals surface area contributed by atoms with Crippen molar-refractivity contribution >= 4 is 5.82 Å². The number of rotatable bonds is 6. The fraction of sp³-hybridized carbons (Fsp3) is 0.333. The van der Waals surface area contributed by atoms with Gasteiger partial charge in [-0.15, -0.1) is 0 Å². The molecule has 20 heavy (non-hydrogen) atoms. The number of ether oxygens (including phenoxy) is 2. The van der Waals surface area contributed by atoms with E-state index in [9.17, 15) is 0 Å². The summed E-state index contributed by atoms with van der Waals surface area (Å²) in [5.41, 5.74) is 2.01. The molecule has 0 radical (unpaired) electrons. The molecule has 1 aromatic heterocycles. The predicted molar refractivity (Wildman–Crippen MR) is 78.1 cm³/mol. The summed E-state index contributed by atoms with van der Waals surface area (Å²) in [5.74, 6) is 2.42. The summed E-state index contributed by atoms with van der Waals surface area (Å²) in [7, 11) is 5.16. The number of nitrogens with one attached hydrogen (secondary N) is 1. The third kappa shape index (κ3) is 3.68. The Morgan fingerprint density at radius 1 is 1.10 bits per heavy atom. The predicted octanol–water partition coefficient (Wildman–Crippen LogP) is 2.26. The van der Waals surface area contributed by atoms with Gasteiger partial charge in [-0.3, -0.25) is 0 Å². The van der Waals surface area contributed by atoms with E-state index < -0.39 is 0 Å². The number of hydrogen-bond donors (Lipinski definition) is 1. The summed E-state index contributed by atoms with van der Waals surface area (Å²) < 4.78 is 10.3. The molecule has 0 bridgehead atoms. The maximum absolute atomic E-state index is 5.15. The van der Waals surface area contributed by atoms with E-state index in [-0.39, 0.29) is 0 Å². The van der Waals surface area contributed by atoms with Crippen LogP contribution in [-0.4, -0.2) is 31.2 Å². The molecule has 106 valence electrons. The third-order valence-electron chi connectivity index (χ3n) is 2.90. The van der Waals surface area contributed by atoms with Crippen molar-refractivity contribution in [2.24, 2.45) is 0 Å². The zero-order valence-electron chi connectivity index (χ0n) is 12.0. The minimum atomic E-state index is 0.479. The van der Waals surface area contributed by atoms with Crippen molar-refractivity contribution in [2.45, 2.75) is 13.0 Å². The number of aromatic nitrogens is 2. The van der Waals surface area contributed by atoms with Gasteiger partial charge >= 0.3 is 0 Å². The summed E-state index contributed by atoms with van der Waals surface area (Å²) in [6, 6.07) is 9.80. The molecule has 0 aliphatic rings. The second-order valence-corrected chi connectivity index (χ2v) is 4.37. The van der Waals surface area contributed by atoms with Gasteiger partial charge in [0.05, 0.1) is 19.4 Å². The SMILES string of the molecule is CNc1cc(COC)nc(Cc2ccc(OC)cc2)n1. The maximum Gasteiger partial charge on any atom is 0.135 e. The van der Waals surface area contributed by atoms with Gasteiger partial charge in [0.25, 0.3) is 0 Å². The van der Waals surface area contributed by atoms with Crippen LogP contribution in [0.15, 0.2) is 30.3 Å². The van der Waals surface area contributed by atoms with Gasteiger partial charge < -0.3 is 14.8 Å². The summed E-state index contributed by atoms with van der Waals surface area (Å²) in [6.45, 7) is 0.479. The highest BCUT2D eigenvalue weighted by Crippen LogP contribution is 2.15. The van der Waals surface area contributed by atoms with Crippen molar-refractivity contribution < 1.29 is 9.47 Å². The molecule has 0 spiro atoms. The first-order chi connectivity index (χ1) is 9.75. The zero-order valence-corrected chi connectivity index (χ0v) is 12.0. The average molecular weight is 273 g/mol. The first-order valence-corrected chi connectivity index (χ1v) is 6.41. The molecule has 0 amide bonds. The lowest BCUT2D eigenvalue weighted by atomic mass is 10.1. The highest BCUT2D eigenvalue weighted by molar-refractivity contribution is 5.36. The highest BCUT2D eigenvalue weighted by atomic mass is 16.5. The molecule has 1 heterocycles. The molecule has 2 aromatic rings. The fourth-order valence-corrected chi connectivity index (χ4v) is 1.91. The molecule has 0 fully saturated rings. The number of anilines is 1. The Hall–Kier alpha value is -2.14. The van der Waals surface area contributed by atoms with Gasteiger partial charge in [-0.1, -0.05) is 12.1 Å². The standard InChI is InChI=1S/C15H19N3O2/c1-16-14-9-12(10-19-2)17-15(18-14)8-11-4-6-13(20-3)7-5-11/h4-7,9H,8,10H2,1-3H3,(H,16,17,18). The first-order valence-electron chi connectivity index (χ1n) is 6.41. The number of methoxy groups -OCH3 is 2. The maximum atomic E-state index is 5.15. The molecule has 0 unspecified atom stereocenters. The molecule has 0 atom stereocenters. The Labute approximate surface area is 119 Å². The minimum Gasteiger partial charge on any atom is -0.497 e. The minimum absolute atomic E-state index is 0.479. The molecule has 0 saturated carbocycles. The topological polar surface area (TPSA) is 56.3 Å². The van der Waals surface area contributed by atoms with Crippen LogP contribution in [0.25, 0.3) is 0 Å². The molecule has 1 N–H and O–H groups in total. The van der Waals surface area contributed by atoms with Crippen LogP contribution >= 0.6 is 0 Å². The largest absolute Gasteiger partial charge is 0.497 e. The van der Waals surface area contributed by atoms with E-state index in [0.717, 1.165) is 28.6 Å². The van der Waals surface area contributed by atoms with Gasteiger partial charge in [-0.05, 0) is 17.7 Å². The van der Waals surface area contributed by atoms with Crippen molar-refractivity contribution in [3.05, 3.63) is 47.4 Å². The molecule has 1 aromatic carbocycles. The van der Waals surface area contributed by atoms with E-state index in [0.29, 0.717) is 13.0 Å². The van der Waals surface area contributed by atoms with E-state index >= 15 is 0 Å². The van der Waals surface area contributed by atoms with Crippen LogP contribution in [0.4, 0.5) is 5.82 Å². The summed E-state index contributed by atoms with van der Waals surface area (Å²) in [5, 5.41) is 3.04. The van der Waals surface area contributed by atoms with Gasteiger partial charge in [0, 0.05) is 26.6 Å². The molecule has 0 aliphatic carbocycles. The lowest BCUT2D eigenvalue weighted by Gasteiger charge is -2.08. The van der Waals surface area contributed by atoms with E-state index in [4.69, 9.17) is 9.47 Å². The summed E-state index contributed by atoms with van der Waals surface area (Å²) >= 11 is 0. The van der Waals surface area contributed by atoms with Gasteiger partial charge in [0.1, 0.15) is 17.4 Å². The van der Waals surface area contributed by atoms with Gasteiger partial charge in [0.2, 0.25) is 0 Å². The van der Waals surface area contributed by atoms with Crippen LogP contribution < -0.4 is 10.1 Å². The smallest absolute Gasteiger partial charge is 0.135 e. The molecule has 0 aliphatic heterocycles. The van der Waals surface area contributed by atoms with Crippen molar-refractivity contribution in [1.82, 2.24) is 9.97 Å². The van der Waals surface area contributed by atoms with Crippen LogP contribution in [-0.2, 0) is 17.8 Å². The van der Waals surface area contributed by atoms with Crippen LogP contribution in [0.1, 0.15) is 17.1 Å². The van der Waals surface area contributed by atoms with Crippen LogP contribution in [0.5, 0.6) is 5.75 Å². The quantitative estimate of drug-likeness (QED) is 0.875. The Morgan fingerprint density at radius 2 is 1.85 bits per heavy atom. The summed E-state index contributed by atoms with van der Waals surface area (Å²) in [6.07, 6.45) is 0.677. The second kappa shape index (κ2) is 6.86. The average Bonchev–Trinajstić information content (AvgIpc) is 2.48. The normalized spacial score (nSPS) is 10.3. The molecule has 5 heteroatoms. The van der Waals surface area contributed by atoms with E-state index in [1.165, 1.54) is 0 Å². The Bertz CT molecular complexity index is 556. The Balaban J connectivity index is 2.20. The van der Waals surface area contributed by atoms with E-state index in [1.54, 1.807) is 14.2 Å². The van der Waals surface area contributed by atoms with E-state index in [2.05, 4.69) is 15.3 Å². The molecule has 0 saturated heterocycles. The number of benzene rings is 1. The third-order valence-corrected chi connectivity index (χ3v) is 2.90. The van der Waals surface area contributed by atoms with Crippen molar-refractivity contribution in [1.29, 1.82) is 0 Å². The van der Waals surface area contributed by atoms with Crippen molar-refractivity contribution in [2.75, 3.05) is 26.6 Å². The van der Waals surface area contributed by atoms with Gasteiger partial charge in [-0.2, -0.15) is 0 Å². The lowest BCUT2D eigenvalue weighted by molar-refractivity contribution is 0.181. The lowest BCUT2D eigenvalue weighted by Crippen LogP contribution is -2.05. The van der Waals surface area contributed by atoms with Crippen molar-refractivity contribution in [3.8, 4) is 5.75 Å². The highest BCUT2D eigenvalue weighted by Gasteiger charge is 2.05. The first kappa shape index (κ1) is 14.3. The number of nitrogens with zero attached hydrogens (tertiary/aromatic N) is 2. The summed E-state index contributed by atoms with van der Waals surface area (Å²) in [4.78, 5) is 8.96. The van der Waals surface area contributed by atoms with Gasteiger partial charge in [0.15, 0.2) is 0 Å². The zero-order chi connectivity index (χ0) is 14.4. The number of hydrogen-bond acceptors (Lipinski definition) is 5.